The van der Waals surface area contributed by atoms with E-state index in [1.54, 1.807) is 0 Å². The zero-order valence-corrected chi connectivity index (χ0v) is 19.5. The Morgan fingerprint density at radius 1 is 1.00 bits per heavy atom. The smallest absolute Gasteiger partial charge is 0.255 e. The molecule has 0 unspecified atom stereocenters. The van der Waals surface area contributed by atoms with Crippen molar-refractivity contribution in [3.8, 4) is 11.5 Å². The molecular weight excluding hydrogens is 416 g/mol. The first kappa shape index (κ1) is 22.4. The van der Waals surface area contributed by atoms with Crippen molar-refractivity contribution in [2.75, 3.05) is 33.6 Å². The molecule has 0 aromatic heterocycles. The molecule has 7 nitrogen and oxygen atoms in total. The van der Waals surface area contributed by atoms with E-state index in [0.717, 1.165) is 37.6 Å². The van der Waals surface area contributed by atoms with Crippen LogP contribution >= 0.6 is 0 Å². The second-order valence-electron chi connectivity index (χ2n) is 9.30. The summed E-state index contributed by atoms with van der Waals surface area (Å²) in [5.74, 6) is 1.78. The number of amides is 1. The Kier molecular flexibility index (Phi) is 6.49. The lowest BCUT2D eigenvalue weighted by atomic mass is 9.68. The standard InChI is InChI=1S/C23H34N2O5S/c1-29-19-13-20(30-2)21(31(3,27)28)12-18(19)23(26)24-17-10-11-25(14-17)22-15-6-4-7-16(22)9-5-8-15/h12-13,15-17,22H,4-11,14H2,1-3H3,(H,24,26)/t15?,16?,17-,22?/m0/s1. The fourth-order valence-corrected chi connectivity index (χ4v) is 6.85. The van der Waals surface area contributed by atoms with Gasteiger partial charge in [0.25, 0.3) is 5.91 Å². The fourth-order valence-electron chi connectivity index (χ4n) is 6.01. The molecular formula is C23H34N2O5S. The van der Waals surface area contributed by atoms with Crippen molar-refractivity contribution in [2.45, 2.75) is 61.9 Å². The van der Waals surface area contributed by atoms with Crippen molar-refractivity contribution in [2.24, 2.45) is 11.8 Å². The van der Waals surface area contributed by atoms with E-state index < -0.39 is 9.84 Å². The number of nitrogens with zero attached hydrogens (tertiary/aromatic N) is 1. The number of fused-ring (bicyclic) bond motifs is 2. The van der Waals surface area contributed by atoms with Crippen molar-refractivity contribution < 1.29 is 22.7 Å². The van der Waals surface area contributed by atoms with Gasteiger partial charge in [0.1, 0.15) is 16.4 Å². The molecule has 2 aliphatic carbocycles. The second-order valence-corrected chi connectivity index (χ2v) is 11.3. The van der Waals surface area contributed by atoms with Gasteiger partial charge in [0, 0.05) is 37.5 Å². The van der Waals surface area contributed by atoms with Gasteiger partial charge in [-0.25, -0.2) is 8.42 Å². The lowest BCUT2D eigenvalue weighted by molar-refractivity contribution is 0.0346. The van der Waals surface area contributed by atoms with Crippen LogP contribution in [0.2, 0.25) is 0 Å². The number of hydrogen-bond acceptors (Lipinski definition) is 6. The van der Waals surface area contributed by atoms with Gasteiger partial charge in [0.05, 0.1) is 19.8 Å². The van der Waals surface area contributed by atoms with Crippen LogP contribution in [0.15, 0.2) is 17.0 Å². The number of sulfone groups is 1. The van der Waals surface area contributed by atoms with Crippen LogP contribution < -0.4 is 14.8 Å². The first-order chi connectivity index (χ1) is 14.8. The predicted octanol–water partition coefficient (Wildman–Crippen LogP) is 2.88. The molecule has 1 atom stereocenters. The maximum Gasteiger partial charge on any atom is 0.255 e. The molecule has 1 saturated heterocycles. The van der Waals surface area contributed by atoms with Crippen LogP contribution in [-0.2, 0) is 9.84 Å². The highest BCUT2D eigenvalue weighted by atomic mass is 32.2. The van der Waals surface area contributed by atoms with Crippen LogP contribution in [0.4, 0.5) is 0 Å². The molecule has 1 heterocycles. The molecule has 3 fully saturated rings. The number of rotatable bonds is 6. The maximum absolute atomic E-state index is 13.1. The third-order valence-electron chi connectivity index (χ3n) is 7.37. The van der Waals surface area contributed by atoms with Crippen LogP contribution in [0, 0.1) is 11.8 Å². The molecule has 1 N–H and O–H groups in total. The van der Waals surface area contributed by atoms with E-state index in [1.165, 1.54) is 64.9 Å². The summed E-state index contributed by atoms with van der Waals surface area (Å²) in [6.07, 6.45) is 10.1. The number of ether oxygens (including phenoxy) is 2. The van der Waals surface area contributed by atoms with Gasteiger partial charge in [-0.3, -0.25) is 9.69 Å². The van der Waals surface area contributed by atoms with Gasteiger partial charge in [-0.05, 0) is 50.0 Å². The molecule has 1 aromatic carbocycles. The van der Waals surface area contributed by atoms with Crippen molar-refractivity contribution >= 4 is 15.7 Å². The fraction of sp³-hybridized carbons (Fsp3) is 0.696. The van der Waals surface area contributed by atoms with Gasteiger partial charge in [0.15, 0.2) is 9.84 Å². The number of hydrogen-bond donors (Lipinski definition) is 1. The number of likely N-dealkylation sites (tertiary alicyclic amines) is 1. The van der Waals surface area contributed by atoms with E-state index in [2.05, 4.69) is 10.2 Å². The van der Waals surface area contributed by atoms with E-state index >= 15 is 0 Å². The molecule has 4 rings (SSSR count). The normalized spacial score (nSPS) is 28.9. The molecule has 1 aliphatic heterocycles. The van der Waals surface area contributed by atoms with Crippen molar-refractivity contribution in [1.29, 1.82) is 0 Å². The average molecular weight is 451 g/mol. The van der Waals surface area contributed by atoms with E-state index in [4.69, 9.17) is 9.47 Å². The maximum atomic E-state index is 13.1. The molecule has 2 saturated carbocycles. The third kappa shape index (κ3) is 4.55. The topological polar surface area (TPSA) is 84.9 Å². The molecule has 3 aliphatic rings. The minimum absolute atomic E-state index is 0.0102. The summed E-state index contributed by atoms with van der Waals surface area (Å²) in [4.78, 5) is 15.7. The Morgan fingerprint density at radius 2 is 1.61 bits per heavy atom. The van der Waals surface area contributed by atoms with E-state index in [-0.39, 0.29) is 28.2 Å². The summed E-state index contributed by atoms with van der Waals surface area (Å²) < 4.78 is 34.9. The van der Waals surface area contributed by atoms with Gasteiger partial charge in [-0.2, -0.15) is 0 Å². The number of nitrogens with one attached hydrogen (secondary N) is 1. The van der Waals surface area contributed by atoms with Gasteiger partial charge in [-0.15, -0.1) is 0 Å². The Balaban J connectivity index is 1.49. The summed E-state index contributed by atoms with van der Waals surface area (Å²) >= 11 is 0. The Labute approximate surface area is 185 Å². The molecule has 1 aromatic rings. The summed E-state index contributed by atoms with van der Waals surface area (Å²) in [5.41, 5.74) is 0.219. The molecule has 1 amide bonds. The summed E-state index contributed by atoms with van der Waals surface area (Å²) in [6.45, 7) is 1.87. The molecule has 8 heteroatoms. The average Bonchev–Trinajstić information content (AvgIpc) is 3.19. The largest absolute Gasteiger partial charge is 0.496 e. The van der Waals surface area contributed by atoms with Crippen molar-refractivity contribution in [3.05, 3.63) is 17.7 Å². The van der Waals surface area contributed by atoms with Gasteiger partial charge < -0.3 is 14.8 Å². The SMILES string of the molecule is COc1cc(OC)c(S(C)(=O)=O)cc1C(=O)N[C@H]1CCN(C2C3CCCC2CCC3)C1. The molecule has 172 valence electrons. The van der Waals surface area contributed by atoms with Crippen LogP contribution in [0.3, 0.4) is 0 Å². The van der Waals surface area contributed by atoms with Crippen molar-refractivity contribution in [1.82, 2.24) is 10.2 Å². The monoisotopic (exact) mass is 450 g/mol. The van der Waals surface area contributed by atoms with E-state index in [0.29, 0.717) is 11.8 Å². The van der Waals surface area contributed by atoms with Gasteiger partial charge in [0.2, 0.25) is 0 Å². The third-order valence-corrected chi connectivity index (χ3v) is 8.49. The highest BCUT2D eigenvalue weighted by Crippen LogP contribution is 2.43. The number of methoxy groups -OCH3 is 2. The van der Waals surface area contributed by atoms with E-state index in [9.17, 15) is 13.2 Å². The minimum atomic E-state index is -3.55. The zero-order valence-electron chi connectivity index (χ0n) is 18.7. The van der Waals surface area contributed by atoms with Crippen molar-refractivity contribution in [3.63, 3.8) is 0 Å². The van der Waals surface area contributed by atoms with Crippen LogP contribution in [-0.4, -0.2) is 64.9 Å². The molecule has 0 radical (unpaired) electrons. The first-order valence-corrected chi connectivity index (χ1v) is 13.2. The summed E-state index contributed by atoms with van der Waals surface area (Å²) in [5, 5.41) is 3.12. The molecule has 31 heavy (non-hydrogen) atoms. The van der Waals surface area contributed by atoms with Crippen LogP contribution in [0.25, 0.3) is 0 Å². The predicted molar refractivity (Wildman–Crippen MR) is 119 cm³/mol. The molecule has 0 spiro atoms. The second kappa shape index (κ2) is 8.98. The zero-order chi connectivity index (χ0) is 22.2. The Morgan fingerprint density at radius 3 is 2.16 bits per heavy atom. The lowest BCUT2D eigenvalue weighted by Gasteiger charge is -2.47. The first-order valence-electron chi connectivity index (χ1n) is 11.3. The summed E-state index contributed by atoms with van der Waals surface area (Å²) in [7, 11) is -0.692. The summed E-state index contributed by atoms with van der Waals surface area (Å²) in [6, 6.07) is 3.55. The number of carbonyl (C=O) groups excluding carboxylic acids is 1. The minimum Gasteiger partial charge on any atom is -0.496 e. The van der Waals surface area contributed by atoms with Gasteiger partial charge in [-0.1, -0.05) is 12.8 Å². The number of carbonyl (C=O) groups is 1. The number of benzene rings is 1. The molecule has 2 bridgehead atoms. The Hall–Kier alpha value is -1.80. The van der Waals surface area contributed by atoms with E-state index in [1.807, 2.05) is 0 Å². The van der Waals surface area contributed by atoms with Gasteiger partial charge >= 0.3 is 0 Å². The lowest BCUT2D eigenvalue weighted by Crippen LogP contribution is -2.50. The van der Waals surface area contributed by atoms with Crippen LogP contribution in [0.1, 0.15) is 55.3 Å². The quantitative estimate of drug-likeness (QED) is 0.717. The van der Waals surface area contributed by atoms with Crippen LogP contribution in [0.5, 0.6) is 11.5 Å². The Bertz CT molecular complexity index is 910. The highest BCUT2D eigenvalue weighted by Gasteiger charge is 2.42. The highest BCUT2D eigenvalue weighted by molar-refractivity contribution is 7.90.